The molecule has 3 aromatic rings. The number of nitrogens with zero attached hydrogens (tertiary/aromatic N) is 2. The van der Waals surface area contributed by atoms with Gasteiger partial charge in [-0.2, -0.15) is 9.78 Å². The van der Waals surface area contributed by atoms with Crippen LogP contribution in [0.4, 0.5) is 10.1 Å². The van der Waals surface area contributed by atoms with Gasteiger partial charge in [-0.15, -0.1) is 0 Å². The summed E-state index contributed by atoms with van der Waals surface area (Å²) in [6.07, 6.45) is 2.26. The first kappa shape index (κ1) is 20.7. The lowest BCUT2D eigenvalue weighted by atomic mass is 10.0. The van der Waals surface area contributed by atoms with E-state index in [0.717, 1.165) is 18.4 Å². The van der Waals surface area contributed by atoms with Crippen LogP contribution in [-0.4, -0.2) is 15.7 Å². The van der Waals surface area contributed by atoms with Crippen molar-refractivity contribution in [2.24, 2.45) is 0 Å². The molecule has 0 fully saturated rings. The summed E-state index contributed by atoms with van der Waals surface area (Å²) in [6, 6.07) is 12.7. The Morgan fingerprint density at radius 3 is 2.72 bits per heavy atom. The molecule has 2 aromatic carbocycles. The molecule has 150 valence electrons. The van der Waals surface area contributed by atoms with Crippen LogP contribution >= 0.6 is 11.6 Å². The highest BCUT2D eigenvalue weighted by Gasteiger charge is 2.12. The van der Waals surface area contributed by atoms with Crippen molar-refractivity contribution >= 4 is 23.2 Å². The second-order valence-corrected chi connectivity index (χ2v) is 7.13. The second kappa shape index (κ2) is 9.01. The fourth-order valence-electron chi connectivity index (χ4n) is 2.96. The monoisotopic (exact) mass is 413 g/mol. The normalized spacial score (nSPS) is 10.8. The van der Waals surface area contributed by atoms with Gasteiger partial charge in [-0.1, -0.05) is 37.1 Å². The Balaban J connectivity index is 1.93. The lowest BCUT2D eigenvalue weighted by Crippen LogP contribution is -2.21. The minimum Gasteiger partial charge on any atom is -0.326 e. The minimum atomic E-state index is -0.561. The van der Waals surface area contributed by atoms with E-state index >= 15 is 0 Å². The van der Waals surface area contributed by atoms with Gasteiger partial charge in [-0.25, -0.2) is 4.39 Å². The van der Waals surface area contributed by atoms with Crippen LogP contribution in [0, 0.1) is 12.7 Å². The van der Waals surface area contributed by atoms with E-state index in [1.807, 2.05) is 25.1 Å². The van der Waals surface area contributed by atoms with E-state index in [2.05, 4.69) is 10.4 Å². The Kier molecular flexibility index (Phi) is 6.44. The largest absolute Gasteiger partial charge is 0.326 e. The van der Waals surface area contributed by atoms with E-state index in [4.69, 9.17) is 11.6 Å². The number of amides is 1. The number of nitrogens with one attached hydrogen (secondary N) is 1. The van der Waals surface area contributed by atoms with E-state index in [9.17, 15) is 14.0 Å². The molecule has 0 bridgehead atoms. The highest BCUT2D eigenvalue weighted by molar-refractivity contribution is 6.30. The molecule has 1 N–H and O–H groups in total. The molecule has 0 saturated heterocycles. The Morgan fingerprint density at radius 2 is 2.00 bits per heavy atom. The van der Waals surface area contributed by atoms with E-state index in [1.165, 1.54) is 28.9 Å². The molecule has 5 nitrogen and oxygen atoms in total. The van der Waals surface area contributed by atoms with Crippen molar-refractivity contribution in [3.05, 3.63) is 75.4 Å². The maximum atomic E-state index is 13.4. The first-order valence-corrected chi connectivity index (χ1v) is 9.73. The van der Waals surface area contributed by atoms with E-state index in [-0.39, 0.29) is 16.5 Å². The van der Waals surface area contributed by atoms with Crippen molar-refractivity contribution in [3.63, 3.8) is 0 Å². The predicted octanol–water partition coefficient (Wildman–Crippen LogP) is 5.13. The first-order valence-electron chi connectivity index (χ1n) is 9.35. The molecule has 0 atom stereocenters. The molecule has 0 aliphatic rings. The summed E-state index contributed by atoms with van der Waals surface area (Å²) in [5.41, 5.74) is 2.71. The summed E-state index contributed by atoms with van der Waals surface area (Å²) in [4.78, 5) is 24.6. The second-order valence-electron chi connectivity index (χ2n) is 6.72. The van der Waals surface area contributed by atoms with Crippen molar-refractivity contribution in [1.82, 2.24) is 9.78 Å². The average Bonchev–Trinajstić information content (AvgIpc) is 2.70. The van der Waals surface area contributed by atoms with Crippen molar-refractivity contribution in [3.8, 4) is 16.8 Å². The third-order valence-corrected chi connectivity index (χ3v) is 4.77. The summed E-state index contributed by atoms with van der Waals surface area (Å²) in [5.74, 6) is -0.600. The molecular formula is C22H21ClFN3O2. The van der Waals surface area contributed by atoms with Crippen LogP contribution in [0.3, 0.4) is 0 Å². The van der Waals surface area contributed by atoms with Gasteiger partial charge in [-0.05, 0) is 49.2 Å². The molecule has 3 rings (SSSR count). The molecule has 0 saturated carbocycles. The van der Waals surface area contributed by atoms with Gasteiger partial charge in [-0.3, -0.25) is 9.59 Å². The first-order chi connectivity index (χ1) is 13.9. The standard InChI is InChI=1S/C22H21ClFN3O2/c1-3-4-8-21(28)25-16-7-5-6-15(11-16)18-13-22(29)27(26-14(18)2)17-9-10-20(24)19(23)12-17/h5-7,9-13H,3-4,8H2,1-2H3,(H,25,28). The summed E-state index contributed by atoms with van der Waals surface area (Å²) in [5, 5.41) is 7.15. The number of unbranched alkanes of at least 4 members (excludes halogenated alkanes) is 1. The Bertz CT molecular complexity index is 1110. The van der Waals surface area contributed by atoms with Crippen LogP contribution in [0.1, 0.15) is 31.9 Å². The van der Waals surface area contributed by atoms with Crippen LogP contribution in [0.2, 0.25) is 5.02 Å². The average molecular weight is 414 g/mol. The molecule has 0 spiro atoms. The van der Waals surface area contributed by atoms with Gasteiger partial charge >= 0.3 is 0 Å². The highest BCUT2D eigenvalue weighted by atomic mass is 35.5. The fraction of sp³-hybridized carbons (Fsp3) is 0.227. The number of hydrogen-bond acceptors (Lipinski definition) is 3. The molecule has 29 heavy (non-hydrogen) atoms. The zero-order chi connectivity index (χ0) is 21.0. The molecule has 7 heteroatoms. The number of carbonyl (C=O) groups excluding carboxylic acids is 1. The quantitative estimate of drug-likeness (QED) is 0.609. The zero-order valence-corrected chi connectivity index (χ0v) is 17.0. The van der Waals surface area contributed by atoms with Gasteiger partial charge in [0.15, 0.2) is 0 Å². The topological polar surface area (TPSA) is 64.0 Å². The van der Waals surface area contributed by atoms with Gasteiger partial charge < -0.3 is 5.32 Å². The highest BCUT2D eigenvalue weighted by Crippen LogP contribution is 2.25. The van der Waals surface area contributed by atoms with E-state index in [1.54, 1.807) is 13.0 Å². The lowest BCUT2D eigenvalue weighted by Gasteiger charge is -2.12. The summed E-state index contributed by atoms with van der Waals surface area (Å²) < 4.78 is 14.6. The van der Waals surface area contributed by atoms with Crippen molar-refractivity contribution in [1.29, 1.82) is 0 Å². The minimum absolute atomic E-state index is 0.0394. The molecule has 0 aliphatic heterocycles. The lowest BCUT2D eigenvalue weighted by molar-refractivity contribution is -0.116. The van der Waals surface area contributed by atoms with Crippen LogP contribution in [0.25, 0.3) is 16.8 Å². The maximum Gasteiger partial charge on any atom is 0.272 e. The van der Waals surface area contributed by atoms with Gasteiger partial charge in [0.1, 0.15) is 5.82 Å². The molecule has 1 heterocycles. The predicted molar refractivity (Wildman–Crippen MR) is 113 cm³/mol. The van der Waals surface area contributed by atoms with Crippen LogP contribution in [-0.2, 0) is 4.79 Å². The van der Waals surface area contributed by atoms with Crippen LogP contribution in [0.5, 0.6) is 0 Å². The third kappa shape index (κ3) is 4.90. The Labute approximate surface area is 173 Å². The molecule has 1 aromatic heterocycles. The summed E-state index contributed by atoms with van der Waals surface area (Å²) in [6.45, 7) is 3.81. The van der Waals surface area contributed by atoms with Gasteiger partial charge in [0, 0.05) is 23.7 Å². The summed E-state index contributed by atoms with van der Waals surface area (Å²) >= 11 is 5.82. The SMILES string of the molecule is CCCCC(=O)Nc1cccc(-c2cc(=O)n(-c3ccc(F)c(Cl)c3)nc2C)c1. The van der Waals surface area contributed by atoms with E-state index < -0.39 is 5.82 Å². The number of aromatic nitrogens is 2. The van der Waals surface area contributed by atoms with E-state index in [0.29, 0.717) is 29.1 Å². The molecule has 0 radical (unpaired) electrons. The number of anilines is 1. The van der Waals surface area contributed by atoms with Gasteiger partial charge in [0.2, 0.25) is 5.91 Å². The van der Waals surface area contributed by atoms with Crippen molar-refractivity contribution in [2.45, 2.75) is 33.1 Å². The summed E-state index contributed by atoms with van der Waals surface area (Å²) in [7, 11) is 0. The van der Waals surface area contributed by atoms with Crippen LogP contribution < -0.4 is 10.9 Å². The molecule has 0 unspecified atom stereocenters. The van der Waals surface area contributed by atoms with Gasteiger partial charge in [0.05, 0.1) is 16.4 Å². The number of carbonyl (C=O) groups is 1. The number of benzene rings is 2. The fourth-order valence-corrected chi connectivity index (χ4v) is 3.14. The number of hydrogen-bond donors (Lipinski definition) is 1. The number of rotatable bonds is 6. The maximum absolute atomic E-state index is 13.4. The molecule has 1 amide bonds. The Morgan fingerprint density at radius 1 is 1.21 bits per heavy atom. The number of halogens is 2. The molecular weight excluding hydrogens is 393 g/mol. The van der Waals surface area contributed by atoms with Crippen molar-refractivity contribution < 1.29 is 9.18 Å². The molecule has 0 aliphatic carbocycles. The smallest absolute Gasteiger partial charge is 0.272 e. The number of aryl methyl sites for hydroxylation is 1. The van der Waals surface area contributed by atoms with Gasteiger partial charge in [0.25, 0.3) is 5.56 Å². The van der Waals surface area contributed by atoms with Crippen LogP contribution in [0.15, 0.2) is 53.3 Å². The van der Waals surface area contributed by atoms with Crippen molar-refractivity contribution in [2.75, 3.05) is 5.32 Å². The third-order valence-electron chi connectivity index (χ3n) is 4.48. The zero-order valence-electron chi connectivity index (χ0n) is 16.2. The Hall–Kier alpha value is -2.99.